The molecule has 2 aromatic carbocycles. The van der Waals surface area contributed by atoms with Crippen molar-refractivity contribution in [1.29, 1.82) is 0 Å². The molecule has 0 aliphatic heterocycles. The maximum absolute atomic E-state index is 12.6. The zero-order chi connectivity index (χ0) is 18.6. The average Bonchev–Trinajstić information content (AvgIpc) is 3.10. The smallest absolute Gasteiger partial charge is 0.357 e. The van der Waals surface area contributed by atoms with E-state index >= 15 is 0 Å². The monoisotopic (exact) mass is 356 g/mol. The lowest BCUT2D eigenvalue weighted by molar-refractivity contribution is 0.0465. The van der Waals surface area contributed by atoms with E-state index in [1.807, 2.05) is 54.6 Å². The molecule has 5 nitrogen and oxygen atoms in total. The highest BCUT2D eigenvalue weighted by atomic mass is 16.5. The van der Waals surface area contributed by atoms with E-state index in [2.05, 4.69) is 9.97 Å². The van der Waals surface area contributed by atoms with Gasteiger partial charge in [0.25, 0.3) is 0 Å². The molecule has 0 amide bonds. The lowest BCUT2D eigenvalue weighted by atomic mass is 10.1. The highest BCUT2D eigenvalue weighted by Crippen LogP contribution is 2.28. The van der Waals surface area contributed by atoms with Crippen LogP contribution in [-0.4, -0.2) is 21.9 Å². The van der Waals surface area contributed by atoms with Gasteiger partial charge in [0.1, 0.15) is 18.2 Å². The summed E-state index contributed by atoms with van der Waals surface area (Å²) in [6.45, 7) is 0.177. The minimum atomic E-state index is -0.498. The molecular weight excluding hydrogens is 340 g/mol. The molecule has 0 saturated carbocycles. The number of nitrogens with one attached hydrogen (secondary N) is 1. The van der Waals surface area contributed by atoms with Crippen molar-refractivity contribution in [3.8, 4) is 0 Å². The van der Waals surface area contributed by atoms with Gasteiger partial charge in [-0.3, -0.25) is 0 Å². The van der Waals surface area contributed by atoms with Gasteiger partial charge in [-0.15, -0.1) is 0 Å². The van der Waals surface area contributed by atoms with E-state index in [4.69, 9.17) is 4.74 Å². The van der Waals surface area contributed by atoms with Crippen LogP contribution in [-0.2, 0) is 22.6 Å². The number of benzene rings is 2. The Kier molecular flexibility index (Phi) is 4.52. The molecule has 4 rings (SSSR count). The van der Waals surface area contributed by atoms with E-state index in [0.717, 1.165) is 27.4 Å². The van der Waals surface area contributed by atoms with Crippen LogP contribution in [0.5, 0.6) is 0 Å². The van der Waals surface area contributed by atoms with E-state index < -0.39 is 5.97 Å². The third kappa shape index (κ3) is 3.36. The van der Waals surface area contributed by atoms with Crippen LogP contribution >= 0.6 is 0 Å². The number of para-hydroxylation sites is 1. The summed E-state index contributed by atoms with van der Waals surface area (Å²) in [5.41, 5.74) is 3.49. The molecule has 0 saturated heterocycles. The fourth-order valence-corrected chi connectivity index (χ4v) is 3.10. The Hall–Kier alpha value is -3.69. The topological polar surface area (TPSA) is 72.1 Å². The van der Waals surface area contributed by atoms with Gasteiger partial charge in [-0.05, 0) is 17.7 Å². The van der Waals surface area contributed by atoms with Crippen LogP contribution in [0.1, 0.15) is 21.7 Å². The lowest BCUT2D eigenvalue weighted by Crippen LogP contribution is -2.09. The van der Waals surface area contributed by atoms with Gasteiger partial charge in [0.15, 0.2) is 0 Å². The predicted octanol–water partition coefficient (Wildman–Crippen LogP) is 4.00. The molecule has 0 unspecified atom stereocenters. The van der Waals surface area contributed by atoms with E-state index in [9.17, 15) is 9.59 Å². The van der Waals surface area contributed by atoms with Crippen molar-refractivity contribution in [2.75, 3.05) is 0 Å². The van der Waals surface area contributed by atoms with Gasteiger partial charge >= 0.3 is 5.97 Å². The van der Waals surface area contributed by atoms with Gasteiger partial charge in [0.05, 0.1) is 11.2 Å². The van der Waals surface area contributed by atoms with E-state index in [1.165, 1.54) is 6.08 Å². The summed E-state index contributed by atoms with van der Waals surface area (Å²) in [7, 11) is 0. The normalized spacial score (nSPS) is 10.7. The highest BCUT2D eigenvalue weighted by molar-refractivity contribution is 6.09. The van der Waals surface area contributed by atoms with Gasteiger partial charge in [-0.25, -0.2) is 14.6 Å². The predicted molar refractivity (Wildman–Crippen MR) is 103 cm³/mol. The number of carbonyl (C=O) groups excluding carboxylic acids is 2. The average molecular weight is 356 g/mol. The molecular formula is C22H16N2O3. The summed E-state index contributed by atoms with van der Waals surface area (Å²) in [6, 6.07) is 19.0. The third-order valence-electron chi connectivity index (χ3n) is 4.37. The zero-order valence-corrected chi connectivity index (χ0v) is 14.4. The second-order valence-corrected chi connectivity index (χ2v) is 6.14. The summed E-state index contributed by atoms with van der Waals surface area (Å²) in [5.74, 6) is 1.27. The van der Waals surface area contributed by atoms with Crippen molar-refractivity contribution >= 4 is 33.7 Å². The molecule has 0 fully saturated rings. The molecule has 132 valence electrons. The van der Waals surface area contributed by atoms with Crippen LogP contribution in [0.4, 0.5) is 0 Å². The number of aromatic amines is 1. The molecule has 0 aliphatic rings. The Bertz CT molecular complexity index is 1170. The van der Waals surface area contributed by atoms with Crippen LogP contribution in [0.3, 0.4) is 0 Å². The first-order valence-electron chi connectivity index (χ1n) is 8.57. The number of hydrogen-bond acceptors (Lipinski definition) is 4. The number of H-pyrrole nitrogens is 1. The van der Waals surface area contributed by atoms with Crippen LogP contribution in [0.2, 0.25) is 0 Å². The number of fused-ring (bicyclic) bond motifs is 3. The van der Waals surface area contributed by atoms with Crippen molar-refractivity contribution in [3.63, 3.8) is 0 Å². The molecule has 5 heteroatoms. The Balaban J connectivity index is 1.74. The Labute approximate surface area is 155 Å². The van der Waals surface area contributed by atoms with Crippen LogP contribution in [0, 0.1) is 0 Å². The number of rotatable bonds is 5. The molecule has 0 spiro atoms. The largest absolute Gasteiger partial charge is 0.456 e. The van der Waals surface area contributed by atoms with Crippen LogP contribution in [0.15, 0.2) is 66.7 Å². The first kappa shape index (κ1) is 16.8. The van der Waals surface area contributed by atoms with E-state index in [1.54, 1.807) is 12.0 Å². The van der Waals surface area contributed by atoms with Crippen molar-refractivity contribution in [1.82, 2.24) is 9.97 Å². The summed E-state index contributed by atoms with van der Waals surface area (Å²) < 4.78 is 5.41. The minimum Gasteiger partial charge on any atom is -0.456 e. The number of nitrogens with zero attached hydrogens (tertiary/aromatic N) is 1. The summed E-state index contributed by atoms with van der Waals surface area (Å²) in [6.07, 6.45) is 1.64. The first-order chi connectivity index (χ1) is 13.3. The SMILES string of the molecule is O=C=CCc1nc(C(=O)OCc2ccccc2)cc2c1[nH]c1ccccc12. The molecule has 0 bridgehead atoms. The second kappa shape index (κ2) is 7.28. The van der Waals surface area contributed by atoms with Gasteiger partial charge < -0.3 is 9.72 Å². The maximum atomic E-state index is 12.6. The molecule has 1 N–H and O–H groups in total. The molecule has 0 atom stereocenters. The molecule has 2 aromatic heterocycles. The Morgan fingerprint density at radius 3 is 2.67 bits per heavy atom. The zero-order valence-electron chi connectivity index (χ0n) is 14.4. The lowest BCUT2D eigenvalue weighted by Gasteiger charge is -2.07. The summed E-state index contributed by atoms with van der Waals surface area (Å²) >= 11 is 0. The molecule has 0 aliphatic carbocycles. The number of pyridine rings is 1. The van der Waals surface area contributed by atoms with Gasteiger partial charge in [-0.2, -0.15) is 0 Å². The maximum Gasteiger partial charge on any atom is 0.357 e. The van der Waals surface area contributed by atoms with Gasteiger partial charge in [0, 0.05) is 28.8 Å². The fourth-order valence-electron chi connectivity index (χ4n) is 3.10. The van der Waals surface area contributed by atoms with Gasteiger partial charge in [0.2, 0.25) is 0 Å². The van der Waals surface area contributed by atoms with Crippen LogP contribution in [0.25, 0.3) is 21.8 Å². The number of esters is 1. The van der Waals surface area contributed by atoms with E-state index in [0.29, 0.717) is 5.69 Å². The van der Waals surface area contributed by atoms with Crippen molar-refractivity contribution in [2.45, 2.75) is 13.0 Å². The molecule has 4 aromatic rings. The molecule has 2 heterocycles. The Morgan fingerprint density at radius 1 is 1.07 bits per heavy atom. The van der Waals surface area contributed by atoms with Gasteiger partial charge in [-0.1, -0.05) is 48.5 Å². The quantitative estimate of drug-likeness (QED) is 0.433. The van der Waals surface area contributed by atoms with Crippen molar-refractivity contribution in [2.24, 2.45) is 0 Å². The third-order valence-corrected chi connectivity index (χ3v) is 4.37. The molecule has 27 heavy (non-hydrogen) atoms. The van der Waals surface area contributed by atoms with Crippen LogP contribution < -0.4 is 0 Å². The number of aromatic nitrogens is 2. The van der Waals surface area contributed by atoms with Crippen molar-refractivity contribution in [3.05, 3.63) is 83.7 Å². The minimum absolute atomic E-state index is 0.177. The Morgan fingerprint density at radius 2 is 1.85 bits per heavy atom. The number of carbonyl (C=O) groups is 1. The highest BCUT2D eigenvalue weighted by Gasteiger charge is 2.16. The standard InChI is InChI=1S/C22H16N2O3/c25-12-6-11-19-21-17(16-9-4-5-10-18(16)24-21)13-20(23-19)22(26)27-14-15-7-2-1-3-8-15/h1-10,13,24H,11,14H2. The van der Waals surface area contributed by atoms with E-state index in [-0.39, 0.29) is 18.7 Å². The number of hydrogen-bond donors (Lipinski definition) is 1. The molecule has 0 radical (unpaired) electrons. The van der Waals surface area contributed by atoms with Crippen molar-refractivity contribution < 1.29 is 14.3 Å². The number of ether oxygens (including phenoxy) is 1. The first-order valence-corrected chi connectivity index (χ1v) is 8.57. The summed E-state index contributed by atoms with van der Waals surface area (Å²) in [4.78, 5) is 31.0. The summed E-state index contributed by atoms with van der Waals surface area (Å²) in [5, 5.41) is 1.87. The number of allylic oxidation sites excluding steroid dienone is 1. The second-order valence-electron chi connectivity index (χ2n) is 6.14. The fraction of sp³-hybridized carbons (Fsp3) is 0.0909.